The molecule has 1 amide bonds. The highest BCUT2D eigenvalue weighted by Crippen LogP contribution is 2.19. The molecule has 1 heterocycles. The lowest BCUT2D eigenvalue weighted by molar-refractivity contribution is -0.123. The van der Waals surface area contributed by atoms with Crippen molar-refractivity contribution >= 4 is 46.2 Å². The van der Waals surface area contributed by atoms with E-state index in [4.69, 9.17) is 27.9 Å². The highest BCUT2D eigenvalue weighted by molar-refractivity contribution is 6.32. The second-order valence-corrected chi connectivity index (χ2v) is 5.89. The predicted molar refractivity (Wildman–Crippen MR) is 99.4 cm³/mol. The standard InChI is InChI=1S/C18H13Cl2N3O2/c19-14-5-7-15(8-6-14)25-11-17(24)23-21-10-13-9-12-3-1-2-4-16(12)22-18(13)20/h1-10H,11H2,(H,23,24). The molecule has 126 valence electrons. The maximum Gasteiger partial charge on any atom is 0.277 e. The number of halogens is 2. The largest absolute Gasteiger partial charge is 0.484 e. The number of ether oxygens (including phenoxy) is 1. The summed E-state index contributed by atoms with van der Waals surface area (Å²) >= 11 is 11.9. The average Bonchev–Trinajstić information content (AvgIpc) is 2.61. The first-order valence-electron chi connectivity index (χ1n) is 7.37. The number of nitrogens with zero attached hydrogens (tertiary/aromatic N) is 2. The number of benzene rings is 2. The molecule has 0 spiro atoms. The van der Waals surface area contributed by atoms with Gasteiger partial charge in [0.15, 0.2) is 6.61 Å². The third kappa shape index (κ3) is 4.68. The Hall–Kier alpha value is -2.63. The normalized spacial score (nSPS) is 11.0. The van der Waals surface area contributed by atoms with Crippen molar-refractivity contribution in [3.63, 3.8) is 0 Å². The van der Waals surface area contributed by atoms with Gasteiger partial charge < -0.3 is 4.74 Å². The molecule has 25 heavy (non-hydrogen) atoms. The molecule has 0 bridgehead atoms. The van der Waals surface area contributed by atoms with Crippen LogP contribution in [0.15, 0.2) is 59.7 Å². The van der Waals surface area contributed by atoms with Crippen LogP contribution < -0.4 is 10.2 Å². The Bertz CT molecular complexity index is 927. The molecule has 0 aliphatic rings. The summed E-state index contributed by atoms with van der Waals surface area (Å²) in [4.78, 5) is 16.0. The van der Waals surface area contributed by atoms with E-state index >= 15 is 0 Å². The summed E-state index contributed by atoms with van der Waals surface area (Å²) in [6.07, 6.45) is 1.45. The Kier molecular flexibility index (Phi) is 5.48. The fourth-order valence-corrected chi connectivity index (χ4v) is 2.41. The van der Waals surface area contributed by atoms with E-state index in [0.717, 1.165) is 10.9 Å². The van der Waals surface area contributed by atoms with Gasteiger partial charge >= 0.3 is 0 Å². The average molecular weight is 374 g/mol. The summed E-state index contributed by atoms with van der Waals surface area (Å²) in [5.74, 6) is 0.154. The number of para-hydroxylation sites is 1. The van der Waals surface area contributed by atoms with Crippen LogP contribution in [0.3, 0.4) is 0 Å². The Morgan fingerprint density at radius 1 is 1.16 bits per heavy atom. The first-order chi connectivity index (χ1) is 12.1. The number of carbonyl (C=O) groups excluding carboxylic acids is 1. The topological polar surface area (TPSA) is 63.6 Å². The van der Waals surface area contributed by atoms with Gasteiger partial charge in [0.2, 0.25) is 0 Å². The number of pyridine rings is 1. The van der Waals surface area contributed by atoms with Crippen LogP contribution in [-0.2, 0) is 4.79 Å². The van der Waals surface area contributed by atoms with Crippen molar-refractivity contribution in [3.05, 3.63) is 70.3 Å². The zero-order valence-corrected chi connectivity index (χ0v) is 14.5. The van der Waals surface area contributed by atoms with Crippen LogP contribution in [0.4, 0.5) is 0 Å². The number of hydrogen-bond donors (Lipinski definition) is 1. The van der Waals surface area contributed by atoms with E-state index in [-0.39, 0.29) is 6.61 Å². The van der Waals surface area contributed by atoms with Crippen molar-refractivity contribution in [1.29, 1.82) is 0 Å². The zero-order valence-electron chi connectivity index (χ0n) is 12.9. The number of amides is 1. The van der Waals surface area contributed by atoms with E-state index in [2.05, 4.69) is 15.5 Å². The highest BCUT2D eigenvalue weighted by atomic mass is 35.5. The molecule has 5 nitrogen and oxygen atoms in total. The van der Waals surface area contributed by atoms with E-state index in [9.17, 15) is 4.79 Å². The number of fused-ring (bicyclic) bond motifs is 1. The maximum absolute atomic E-state index is 11.7. The van der Waals surface area contributed by atoms with Crippen molar-refractivity contribution in [2.45, 2.75) is 0 Å². The Morgan fingerprint density at radius 3 is 2.72 bits per heavy atom. The van der Waals surface area contributed by atoms with Crippen molar-refractivity contribution in [3.8, 4) is 5.75 Å². The molecule has 0 saturated carbocycles. The lowest BCUT2D eigenvalue weighted by atomic mass is 10.2. The molecular weight excluding hydrogens is 361 g/mol. The Labute approximate surface area is 154 Å². The summed E-state index contributed by atoms with van der Waals surface area (Å²) in [7, 11) is 0. The summed E-state index contributed by atoms with van der Waals surface area (Å²) in [6.45, 7) is -0.164. The van der Waals surface area contributed by atoms with E-state index in [1.165, 1.54) is 6.21 Å². The van der Waals surface area contributed by atoms with Crippen LogP contribution in [0.25, 0.3) is 10.9 Å². The van der Waals surface area contributed by atoms with Gasteiger partial charge in [0.05, 0.1) is 11.7 Å². The molecule has 0 saturated heterocycles. The van der Waals surface area contributed by atoms with Gasteiger partial charge in [-0.1, -0.05) is 41.4 Å². The highest BCUT2D eigenvalue weighted by Gasteiger charge is 2.04. The molecule has 0 aliphatic carbocycles. The Morgan fingerprint density at radius 2 is 1.92 bits per heavy atom. The fraction of sp³-hybridized carbons (Fsp3) is 0.0556. The molecule has 2 aromatic carbocycles. The summed E-state index contributed by atoms with van der Waals surface area (Å²) in [5, 5.41) is 5.73. The second kappa shape index (κ2) is 7.96. The molecule has 0 fully saturated rings. The van der Waals surface area contributed by atoms with E-state index in [1.54, 1.807) is 24.3 Å². The number of hydrogen-bond acceptors (Lipinski definition) is 4. The SMILES string of the molecule is O=C(COc1ccc(Cl)cc1)NN=Cc1cc2ccccc2nc1Cl. The van der Waals surface area contributed by atoms with Crippen LogP contribution >= 0.6 is 23.2 Å². The fourth-order valence-electron chi connectivity index (χ4n) is 2.09. The molecule has 3 aromatic rings. The molecule has 0 unspecified atom stereocenters. The number of aromatic nitrogens is 1. The minimum absolute atomic E-state index is 0.164. The number of nitrogens with one attached hydrogen (secondary N) is 1. The van der Waals surface area contributed by atoms with Crippen molar-refractivity contribution < 1.29 is 9.53 Å². The number of hydrazone groups is 1. The van der Waals surface area contributed by atoms with Gasteiger partial charge in [-0.2, -0.15) is 5.10 Å². The summed E-state index contributed by atoms with van der Waals surface area (Å²) in [5.41, 5.74) is 3.79. The van der Waals surface area contributed by atoms with E-state index < -0.39 is 5.91 Å². The van der Waals surface area contributed by atoms with Crippen molar-refractivity contribution in [2.75, 3.05) is 6.61 Å². The van der Waals surface area contributed by atoms with E-state index in [1.807, 2.05) is 30.3 Å². The minimum atomic E-state index is -0.393. The molecular formula is C18H13Cl2N3O2. The predicted octanol–water partition coefficient (Wildman–Crippen LogP) is 4.07. The lowest BCUT2D eigenvalue weighted by Gasteiger charge is -2.05. The monoisotopic (exact) mass is 373 g/mol. The van der Waals surface area contributed by atoms with Crippen LogP contribution in [0.5, 0.6) is 5.75 Å². The van der Waals surface area contributed by atoms with Gasteiger partial charge in [0.25, 0.3) is 5.91 Å². The molecule has 3 rings (SSSR count). The molecule has 1 aromatic heterocycles. The quantitative estimate of drug-likeness (QED) is 0.416. The number of carbonyl (C=O) groups is 1. The smallest absolute Gasteiger partial charge is 0.277 e. The maximum atomic E-state index is 11.7. The lowest BCUT2D eigenvalue weighted by Crippen LogP contribution is -2.24. The molecule has 1 N–H and O–H groups in total. The van der Waals surface area contributed by atoms with Crippen LogP contribution in [0.2, 0.25) is 10.2 Å². The third-order valence-electron chi connectivity index (χ3n) is 3.28. The summed E-state index contributed by atoms with van der Waals surface area (Å²) in [6, 6.07) is 16.2. The van der Waals surface area contributed by atoms with Crippen LogP contribution in [0.1, 0.15) is 5.56 Å². The van der Waals surface area contributed by atoms with Gasteiger partial charge in [0, 0.05) is 16.0 Å². The zero-order chi connectivity index (χ0) is 17.6. The second-order valence-electron chi connectivity index (χ2n) is 5.10. The van der Waals surface area contributed by atoms with Crippen LogP contribution in [0, 0.1) is 0 Å². The molecule has 0 atom stereocenters. The molecule has 0 radical (unpaired) electrons. The third-order valence-corrected chi connectivity index (χ3v) is 3.84. The number of rotatable bonds is 5. The first-order valence-corrected chi connectivity index (χ1v) is 8.13. The van der Waals surface area contributed by atoms with E-state index in [0.29, 0.717) is 21.5 Å². The van der Waals surface area contributed by atoms with Crippen molar-refractivity contribution in [2.24, 2.45) is 5.10 Å². The van der Waals surface area contributed by atoms with Gasteiger partial charge in [-0.25, -0.2) is 10.4 Å². The minimum Gasteiger partial charge on any atom is -0.484 e. The van der Waals surface area contributed by atoms with Crippen molar-refractivity contribution in [1.82, 2.24) is 10.4 Å². The first kappa shape index (κ1) is 17.2. The van der Waals surface area contributed by atoms with Crippen LogP contribution in [-0.4, -0.2) is 23.7 Å². The van der Waals surface area contributed by atoms with Gasteiger partial charge in [0.1, 0.15) is 10.9 Å². The van der Waals surface area contributed by atoms with Gasteiger partial charge in [-0.3, -0.25) is 4.79 Å². The molecule has 0 aliphatic heterocycles. The summed E-state index contributed by atoms with van der Waals surface area (Å²) < 4.78 is 5.32. The molecule has 7 heteroatoms. The Balaban J connectivity index is 1.58. The van der Waals surface area contributed by atoms with Gasteiger partial charge in [-0.15, -0.1) is 0 Å². The van der Waals surface area contributed by atoms with Gasteiger partial charge in [-0.05, 0) is 36.4 Å².